The van der Waals surface area contributed by atoms with E-state index in [2.05, 4.69) is 25.1 Å². The van der Waals surface area contributed by atoms with Gasteiger partial charge in [-0.1, -0.05) is 48.7 Å². The molecule has 5 rings (SSSR count). The first-order chi connectivity index (χ1) is 12.6. The summed E-state index contributed by atoms with van der Waals surface area (Å²) in [6.07, 6.45) is 6.23. The van der Waals surface area contributed by atoms with Gasteiger partial charge in [-0.3, -0.25) is 9.36 Å². The van der Waals surface area contributed by atoms with Crippen LogP contribution in [0.3, 0.4) is 0 Å². The Morgan fingerprint density at radius 1 is 1.27 bits per heavy atom. The number of aromatic nitrogens is 2. The van der Waals surface area contributed by atoms with Crippen molar-refractivity contribution in [3.8, 4) is 11.3 Å². The summed E-state index contributed by atoms with van der Waals surface area (Å²) in [5.41, 5.74) is 5.54. The zero-order chi connectivity index (χ0) is 17.9. The summed E-state index contributed by atoms with van der Waals surface area (Å²) in [7, 11) is 0. The normalized spacial score (nSPS) is 23.2. The van der Waals surface area contributed by atoms with E-state index in [0.717, 1.165) is 41.2 Å². The molecule has 26 heavy (non-hydrogen) atoms. The predicted molar refractivity (Wildman–Crippen MR) is 104 cm³/mol. The molecule has 3 aliphatic rings. The lowest BCUT2D eigenvalue weighted by atomic mass is 9.62. The second kappa shape index (κ2) is 5.96. The third kappa shape index (κ3) is 2.40. The quantitative estimate of drug-likeness (QED) is 0.724. The predicted octanol–water partition coefficient (Wildman–Crippen LogP) is 3.44. The molecule has 1 atom stereocenters. The van der Waals surface area contributed by atoms with E-state index in [0.29, 0.717) is 12.3 Å². The Hall–Kier alpha value is -1.59. The van der Waals surface area contributed by atoms with Crippen LogP contribution in [0.2, 0.25) is 0 Å². The lowest BCUT2D eigenvalue weighted by Crippen LogP contribution is -2.45. The molecule has 0 amide bonds. The van der Waals surface area contributed by atoms with Crippen LogP contribution < -0.4 is 5.56 Å². The monoisotopic (exact) mass is 368 g/mol. The van der Waals surface area contributed by atoms with Gasteiger partial charge >= 0.3 is 0 Å². The highest BCUT2D eigenvalue weighted by Gasteiger charge is 2.43. The molecule has 2 heterocycles. The number of benzene rings is 1. The van der Waals surface area contributed by atoms with Crippen LogP contribution >= 0.6 is 11.8 Å². The number of hydrogen-bond acceptors (Lipinski definition) is 4. The number of aryl methyl sites for hydroxylation is 1. The fourth-order valence-electron chi connectivity index (χ4n) is 5.09. The Bertz CT molecular complexity index is 944. The number of hydrogen-bond donors (Lipinski definition) is 1. The topological polar surface area (TPSA) is 55.1 Å². The highest BCUT2D eigenvalue weighted by atomic mass is 32.2. The van der Waals surface area contributed by atoms with Crippen molar-refractivity contribution in [2.45, 2.75) is 68.7 Å². The van der Waals surface area contributed by atoms with Gasteiger partial charge in [0.05, 0.1) is 23.9 Å². The number of rotatable bonds is 0. The number of aliphatic hydroxyl groups is 1. The van der Waals surface area contributed by atoms with E-state index in [1.165, 1.54) is 42.2 Å². The average Bonchev–Trinajstić information content (AvgIpc) is 2.64. The fraction of sp³-hybridized carbons (Fsp3) is 0.524. The minimum Gasteiger partial charge on any atom is -0.390 e. The van der Waals surface area contributed by atoms with E-state index < -0.39 is 6.10 Å². The van der Waals surface area contributed by atoms with Crippen LogP contribution in [-0.4, -0.2) is 26.5 Å². The second-order valence-electron chi connectivity index (χ2n) is 8.18. The molecule has 0 radical (unpaired) electrons. The molecule has 1 spiro atoms. The number of aliphatic hydroxyl groups excluding tert-OH is 1. The molecule has 0 unspecified atom stereocenters. The number of thioether (sulfide) groups is 1. The lowest BCUT2D eigenvalue weighted by Gasteiger charge is -2.42. The van der Waals surface area contributed by atoms with Crippen LogP contribution in [0.15, 0.2) is 28.2 Å². The molecular formula is C21H24N2O2S. The second-order valence-corrected chi connectivity index (χ2v) is 9.16. The minimum atomic E-state index is -0.467. The highest BCUT2D eigenvalue weighted by molar-refractivity contribution is 7.99. The molecule has 1 saturated carbocycles. The third-order valence-corrected chi connectivity index (χ3v) is 7.44. The zero-order valence-electron chi connectivity index (χ0n) is 15.1. The molecule has 0 saturated heterocycles. The van der Waals surface area contributed by atoms with Gasteiger partial charge in [0.25, 0.3) is 5.56 Å². The summed E-state index contributed by atoms with van der Waals surface area (Å²) in [6.45, 7) is 2.47. The van der Waals surface area contributed by atoms with Gasteiger partial charge in [-0.05, 0) is 37.8 Å². The SMILES string of the molecule is Cc1ccc2c(c1)-c1nc3n(c(=O)c1C1(CCCCC1)C2)C[C@H](O)CS3. The molecule has 136 valence electrons. The zero-order valence-corrected chi connectivity index (χ0v) is 15.9. The van der Waals surface area contributed by atoms with E-state index in [-0.39, 0.29) is 11.0 Å². The summed E-state index contributed by atoms with van der Waals surface area (Å²) < 4.78 is 1.73. The Morgan fingerprint density at radius 2 is 2.08 bits per heavy atom. The molecule has 1 N–H and O–H groups in total. The largest absolute Gasteiger partial charge is 0.390 e. The first kappa shape index (κ1) is 16.6. The summed E-state index contributed by atoms with van der Waals surface area (Å²) in [6, 6.07) is 6.60. The summed E-state index contributed by atoms with van der Waals surface area (Å²) in [5.74, 6) is 0.608. The lowest BCUT2D eigenvalue weighted by molar-refractivity contribution is 0.166. The van der Waals surface area contributed by atoms with Crippen LogP contribution in [-0.2, 0) is 18.4 Å². The van der Waals surface area contributed by atoms with Gasteiger partial charge in [0.1, 0.15) is 0 Å². The van der Waals surface area contributed by atoms with Crippen molar-refractivity contribution in [2.24, 2.45) is 0 Å². The van der Waals surface area contributed by atoms with Crippen molar-refractivity contribution in [3.05, 3.63) is 45.2 Å². The van der Waals surface area contributed by atoms with Crippen molar-refractivity contribution in [3.63, 3.8) is 0 Å². The summed E-state index contributed by atoms with van der Waals surface area (Å²) >= 11 is 1.50. The minimum absolute atomic E-state index is 0.0744. The van der Waals surface area contributed by atoms with Crippen molar-refractivity contribution in [1.82, 2.24) is 9.55 Å². The van der Waals surface area contributed by atoms with Gasteiger partial charge < -0.3 is 5.11 Å². The Kier molecular flexibility index (Phi) is 3.80. The van der Waals surface area contributed by atoms with E-state index >= 15 is 0 Å². The van der Waals surface area contributed by atoms with Crippen molar-refractivity contribution < 1.29 is 5.11 Å². The first-order valence-corrected chi connectivity index (χ1v) is 10.6. The van der Waals surface area contributed by atoms with Crippen LogP contribution in [0.4, 0.5) is 0 Å². The Labute approximate surface area is 157 Å². The van der Waals surface area contributed by atoms with Gasteiger partial charge in [0, 0.05) is 16.7 Å². The summed E-state index contributed by atoms with van der Waals surface area (Å²) in [5, 5.41) is 10.8. The van der Waals surface area contributed by atoms with E-state index in [1.807, 2.05) is 0 Å². The van der Waals surface area contributed by atoms with E-state index in [9.17, 15) is 9.90 Å². The third-order valence-electron chi connectivity index (χ3n) is 6.32. The van der Waals surface area contributed by atoms with Gasteiger partial charge in [-0.15, -0.1) is 0 Å². The van der Waals surface area contributed by atoms with Gasteiger partial charge in [-0.2, -0.15) is 0 Å². The highest BCUT2D eigenvalue weighted by Crippen LogP contribution is 2.49. The van der Waals surface area contributed by atoms with Gasteiger partial charge in [0.2, 0.25) is 0 Å². The molecule has 1 aliphatic heterocycles. The maximum absolute atomic E-state index is 13.6. The number of fused-ring (bicyclic) bond motifs is 5. The maximum atomic E-state index is 13.6. The van der Waals surface area contributed by atoms with Crippen molar-refractivity contribution >= 4 is 11.8 Å². The van der Waals surface area contributed by atoms with E-state index in [1.54, 1.807) is 4.57 Å². The molecule has 4 nitrogen and oxygen atoms in total. The Morgan fingerprint density at radius 3 is 2.88 bits per heavy atom. The molecule has 0 bridgehead atoms. The molecule has 1 aromatic carbocycles. The van der Waals surface area contributed by atoms with Gasteiger partial charge in [0.15, 0.2) is 5.16 Å². The first-order valence-electron chi connectivity index (χ1n) is 9.63. The molecule has 1 fully saturated rings. The molecule has 2 aliphatic carbocycles. The Balaban J connectivity index is 1.81. The average molecular weight is 369 g/mol. The van der Waals surface area contributed by atoms with Crippen molar-refractivity contribution in [2.75, 3.05) is 5.75 Å². The van der Waals surface area contributed by atoms with Crippen LogP contribution in [0.25, 0.3) is 11.3 Å². The smallest absolute Gasteiger partial charge is 0.258 e. The van der Waals surface area contributed by atoms with Crippen LogP contribution in [0, 0.1) is 6.92 Å². The molecule has 5 heteroatoms. The molecule has 2 aromatic rings. The number of nitrogens with zero attached hydrogens (tertiary/aromatic N) is 2. The van der Waals surface area contributed by atoms with E-state index in [4.69, 9.17) is 4.98 Å². The van der Waals surface area contributed by atoms with Crippen LogP contribution in [0.5, 0.6) is 0 Å². The molecule has 1 aromatic heterocycles. The standard InChI is InChI=1S/C21H24N2O2S/c1-13-5-6-14-10-21(7-3-2-4-8-21)17-18(16(14)9-13)22-20-23(19(17)25)11-15(24)12-26-20/h5-6,9,15,24H,2-4,7-8,10-12H2,1H3/t15-/m0/s1. The van der Waals surface area contributed by atoms with Crippen molar-refractivity contribution in [1.29, 1.82) is 0 Å². The summed E-state index contributed by atoms with van der Waals surface area (Å²) in [4.78, 5) is 18.6. The maximum Gasteiger partial charge on any atom is 0.258 e. The fourth-order valence-corrected chi connectivity index (χ4v) is 6.00. The molecular weight excluding hydrogens is 344 g/mol. The van der Waals surface area contributed by atoms with Crippen LogP contribution in [0.1, 0.15) is 48.8 Å². The van der Waals surface area contributed by atoms with Gasteiger partial charge in [-0.25, -0.2) is 4.98 Å².